The lowest BCUT2D eigenvalue weighted by Crippen LogP contribution is -2.55. The first-order valence-corrected chi connectivity index (χ1v) is 8.68. The summed E-state index contributed by atoms with van der Waals surface area (Å²) in [5.41, 5.74) is 0.257. The van der Waals surface area contributed by atoms with Gasteiger partial charge in [-0.25, -0.2) is 9.07 Å². The van der Waals surface area contributed by atoms with Gasteiger partial charge in [0, 0.05) is 0 Å². The minimum Gasteiger partial charge on any atom is -0.481 e. The largest absolute Gasteiger partial charge is 0.481 e. The molecular weight excluding hydrogens is 337 g/mol. The van der Waals surface area contributed by atoms with Crippen LogP contribution in [0.4, 0.5) is 4.39 Å². The Hall–Kier alpha value is -2.70. The van der Waals surface area contributed by atoms with Gasteiger partial charge >= 0.3 is 5.97 Å². The minimum atomic E-state index is -0.897. The number of hydrogen-bond donors (Lipinski definition) is 2. The molecule has 1 aromatic carbocycles. The zero-order valence-electron chi connectivity index (χ0n) is 14.8. The molecule has 26 heavy (non-hydrogen) atoms. The zero-order chi connectivity index (χ0) is 18.9. The van der Waals surface area contributed by atoms with Crippen LogP contribution in [0.1, 0.15) is 48.7 Å². The Morgan fingerprint density at radius 1 is 1.35 bits per heavy atom. The highest BCUT2D eigenvalue weighted by Gasteiger charge is 2.42. The van der Waals surface area contributed by atoms with Crippen molar-refractivity contribution in [3.8, 4) is 5.69 Å². The number of nitrogens with zero attached hydrogens (tertiary/aromatic N) is 2. The number of carbonyl (C=O) groups excluding carboxylic acids is 1. The quantitative estimate of drug-likeness (QED) is 0.879. The fourth-order valence-electron chi connectivity index (χ4n) is 3.70. The normalized spacial score (nSPS) is 22.8. The van der Waals surface area contributed by atoms with Crippen LogP contribution >= 0.6 is 0 Å². The van der Waals surface area contributed by atoms with Crippen LogP contribution in [-0.4, -0.2) is 32.3 Å². The Morgan fingerprint density at radius 2 is 2.08 bits per heavy atom. The molecule has 0 bridgehead atoms. The Kier molecular flexibility index (Phi) is 4.80. The maximum Gasteiger partial charge on any atom is 0.308 e. The van der Waals surface area contributed by atoms with Gasteiger partial charge in [-0.15, -0.1) is 0 Å². The second-order valence-corrected chi connectivity index (χ2v) is 7.02. The lowest BCUT2D eigenvalue weighted by atomic mass is 9.73. The molecule has 7 heteroatoms. The monoisotopic (exact) mass is 359 g/mol. The molecule has 1 heterocycles. The van der Waals surface area contributed by atoms with Crippen molar-refractivity contribution in [3.05, 3.63) is 47.5 Å². The highest BCUT2D eigenvalue weighted by molar-refractivity contribution is 5.96. The number of nitrogens with one attached hydrogen (secondary N) is 1. The molecule has 0 spiro atoms. The number of carbonyl (C=O) groups is 2. The molecule has 1 saturated carbocycles. The molecule has 1 fully saturated rings. The third-order valence-corrected chi connectivity index (χ3v) is 5.24. The summed E-state index contributed by atoms with van der Waals surface area (Å²) in [6.07, 6.45) is 4.25. The topological polar surface area (TPSA) is 84.2 Å². The third-order valence-electron chi connectivity index (χ3n) is 5.24. The van der Waals surface area contributed by atoms with E-state index in [1.807, 2.05) is 0 Å². The molecule has 2 unspecified atom stereocenters. The number of rotatable bonds is 4. The van der Waals surface area contributed by atoms with E-state index in [-0.39, 0.29) is 11.6 Å². The van der Waals surface area contributed by atoms with Gasteiger partial charge in [-0.1, -0.05) is 25.0 Å². The van der Waals surface area contributed by atoms with Crippen molar-refractivity contribution < 1.29 is 19.1 Å². The smallest absolute Gasteiger partial charge is 0.308 e. The molecule has 1 aliphatic carbocycles. The van der Waals surface area contributed by atoms with Crippen LogP contribution in [0, 0.1) is 18.7 Å². The van der Waals surface area contributed by atoms with Crippen LogP contribution in [-0.2, 0) is 4.79 Å². The van der Waals surface area contributed by atoms with Crippen molar-refractivity contribution in [2.24, 2.45) is 5.92 Å². The van der Waals surface area contributed by atoms with E-state index in [1.54, 1.807) is 32.0 Å². The number of carboxylic acid groups (broad SMARTS) is 1. The molecule has 2 atom stereocenters. The minimum absolute atomic E-state index is 0.261. The molecule has 3 rings (SSSR count). The predicted octanol–water partition coefficient (Wildman–Crippen LogP) is 3.08. The predicted molar refractivity (Wildman–Crippen MR) is 93.7 cm³/mol. The Morgan fingerprint density at radius 3 is 2.77 bits per heavy atom. The van der Waals surface area contributed by atoms with Gasteiger partial charge < -0.3 is 10.4 Å². The average Bonchev–Trinajstić information content (AvgIpc) is 2.96. The highest BCUT2D eigenvalue weighted by Crippen LogP contribution is 2.34. The number of hydrogen-bond acceptors (Lipinski definition) is 3. The lowest BCUT2D eigenvalue weighted by molar-refractivity contribution is -0.145. The number of carboxylic acids is 1. The molecule has 1 aliphatic rings. The first-order chi connectivity index (χ1) is 12.3. The van der Waals surface area contributed by atoms with E-state index >= 15 is 0 Å². The summed E-state index contributed by atoms with van der Waals surface area (Å²) >= 11 is 0. The molecule has 6 nitrogen and oxygen atoms in total. The van der Waals surface area contributed by atoms with Crippen molar-refractivity contribution in [1.82, 2.24) is 15.1 Å². The average molecular weight is 359 g/mol. The second-order valence-electron chi connectivity index (χ2n) is 7.02. The molecule has 0 saturated heterocycles. The van der Waals surface area contributed by atoms with E-state index in [0.29, 0.717) is 24.1 Å². The van der Waals surface area contributed by atoms with Gasteiger partial charge in [-0.05, 0) is 38.8 Å². The van der Waals surface area contributed by atoms with Crippen molar-refractivity contribution >= 4 is 11.9 Å². The zero-order valence-corrected chi connectivity index (χ0v) is 14.8. The first kappa shape index (κ1) is 18.1. The van der Waals surface area contributed by atoms with E-state index in [4.69, 9.17) is 0 Å². The van der Waals surface area contributed by atoms with Gasteiger partial charge in [-0.2, -0.15) is 5.10 Å². The molecule has 2 N–H and O–H groups in total. The maximum absolute atomic E-state index is 14.0. The number of benzene rings is 1. The Bertz CT molecular complexity index is 848. The maximum atomic E-state index is 14.0. The van der Waals surface area contributed by atoms with Crippen LogP contribution in [0.15, 0.2) is 30.5 Å². The van der Waals surface area contributed by atoms with Crippen LogP contribution in [0.5, 0.6) is 0 Å². The lowest BCUT2D eigenvalue weighted by Gasteiger charge is -2.39. The van der Waals surface area contributed by atoms with Crippen LogP contribution < -0.4 is 5.32 Å². The van der Waals surface area contributed by atoms with E-state index in [1.165, 1.54) is 16.9 Å². The number of para-hydroxylation sites is 1. The van der Waals surface area contributed by atoms with Crippen LogP contribution in [0.25, 0.3) is 5.69 Å². The highest BCUT2D eigenvalue weighted by atomic mass is 19.1. The number of aliphatic carboxylic acids is 1. The Labute approximate surface area is 151 Å². The first-order valence-electron chi connectivity index (χ1n) is 8.68. The van der Waals surface area contributed by atoms with Crippen molar-refractivity contribution in [2.45, 2.75) is 45.1 Å². The summed E-state index contributed by atoms with van der Waals surface area (Å²) in [5, 5.41) is 16.5. The molecule has 2 aromatic rings. The second kappa shape index (κ2) is 6.90. The van der Waals surface area contributed by atoms with Gasteiger partial charge in [0.2, 0.25) is 0 Å². The molecule has 138 valence electrons. The van der Waals surface area contributed by atoms with Crippen LogP contribution in [0.3, 0.4) is 0 Å². The van der Waals surface area contributed by atoms with E-state index in [9.17, 15) is 19.1 Å². The number of amides is 1. The summed E-state index contributed by atoms with van der Waals surface area (Å²) in [7, 11) is 0. The molecule has 0 aliphatic heterocycles. The van der Waals surface area contributed by atoms with Gasteiger partial charge in [0.1, 0.15) is 11.5 Å². The van der Waals surface area contributed by atoms with Crippen molar-refractivity contribution in [1.29, 1.82) is 0 Å². The molecular formula is C19H22FN3O3. The van der Waals surface area contributed by atoms with Crippen molar-refractivity contribution in [3.63, 3.8) is 0 Å². The summed E-state index contributed by atoms with van der Waals surface area (Å²) < 4.78 is 15.4. The number of halogens is 1. The molecule has 1 aromatic heterocycles. The van der Waals surface area contributed by atoms with E-state index in [0.717, 1.165) is 12.8 Å². The summed E-state index contributed by atoms with van der Waals surface area (Å²) in [6.45, 7) is 3.46. The standard InChI is InChI=1S/C19H22FN3O3/c1-12-13(11-21-23(12)16-9-4-3-8-15(16)20)17(24)22-19(2)10-6-5-7-14(19)18(25)26/h3-4,8-9,11,14H,5-7,10H2,1-2H3,(H,22,24)(H,25,26). The van der Waals surface area contributed by atoms with Gasteiger partial charge in [-0.3, -0.25) is 9.59 Å². The fraction of sp³-hybridized carbons (Fsp3) is 0.421. The summed E-state index contributed by atoms with van der Waals surface area (Å²) in [4.78, 5) is 24.4. The number of aromatic nitrogens is 2. The summed E-state index contributed by atoms with van der Waals surface area (Å²) in [6, 6.07) is 6.19. The van der Waals surface area contributed by atoms with Gasteiger partial charge in [0.15, 0.2) is 0 Å². The fourth-order valence-corrected chi connectivity index (χ4v) is 3.70. The van der Waals surface area contributed by atoms with Crippen molar-refractivity contribution in [2.75, 3.05) is 0 Å². The SMILES string of the molecule is Cc1c(C(=O)NC2(C)CCCCC2C(=O)O)cnn1-c1ccccc1F. The van der Waals surface area contributed by atoms with Gasteiger partial charge in [0.05, 0.1) is 28.9 Å². The Balaban J connectivity index is 1.87. The molecule has 0 radical (unpaired) electrons. The summed E-state index contributed by atoms with van der Waals surface area (Å²) in [5.74, 6) is -2.34. The van der Waals surface area contributed by atoms with E-state index < -0.39 is 23.2 Å². The van der Waals surface area contributed by atoms with Gasteiger partial charge in [0.25, 0.3) is 5.91 Å². The third kappa shape index (κ3) is 3.21. The van der Waals surface area contributed by atoms with Crippen LogP contribution in [0.2, 0.25) is 0 Å². The molecule has 1 amide bonds. The van der Waals surface area contributed by atoms with E-state index in [2.05, 4.69) is 10.4 Å².